The maximum absolute atomic E-state index is 10.3. The Morgan fingerprint density at radius 1 is 0.818 bits per heavy atom. The molecule has 8 heteroatoms. The maximum Gasteiger partial charge on any atom is 0.119 e. The number of nitrogens with one attached hydrogen (secondary N) is 1. The van der Waals surface area contributed by atoms with Gasteiger partial charge in [0.1, 0.15) is 36.9 Å². The number of hydrogen-bond donors (Lipinski definition) is 3. The lowest BCUT2D eigenvalue weighted by Gasteiger charge is -2.20. The molecule has 0 aliphatic carbocycles. The van der Waals surface area contributed by atoms with E-state index in [4.69, 9.17) is 9.47 Å². The largest absolute Gasteiger partial charge is 0.491 e. The summed E-state index contributed by atoms with van der Waals surface area (Å²) >= 11 is 0. The predicted octanol–water partition coefficient (Wildman–Crippen LogP) is 1.88. The Kier molecular flexibility index (Phi) is 10.1. The Balaban J connectivity index is 1.30. The Labute approximate surface area is 194 Å². The molecule has 8 nitrogen and oxygen atoms in total. The number of pyridine rings is 2. The Hall–Kier alpha value is -3.04. The highest BCUT2D eigenvalue weighted by atomic mass is 16.5. The molecule has 2 atom stereocenters. The number of hydrogen-bond acceptors (Lipinski definition) is 8. The van der Waals surface area contributed by atoms with Crippen LogP contribution in [0.2, 0.25) is 0 Å². The van der Waals surface area contributed by atoms with E-state index in [1.165, 1.54) is 0 Å². The summed E-state index contributed by atoms with van der Waals surface area (Å²) < 4.78 is 11.3. The van der Waals surface area contributed by atoms with Gasteiger partial charge in [-0.15, -0.1) is 0 Å². The van der Waals surface area contributed by atoms with Crippen LogP contribution < -0.4 is 14.8 Å². The summed E-state index contributed by atoms with van der Waals surface area (Å²) in [6, 6.07) is 18.6. The molecule has 0 spiro atoms. The first kappa shape index (κ1) is 24.6. The molecule has 176 valence electrons. The molecule has 0 bridgehead atoms. The van der Waals surface area contributed by atoms with E-state index in [0.29, 0.717) is 37.7 Å². The molecule has 2 aromatic heterocycles. The number of aliphatic hydroxyl groups excluding tert-OH is 2. The SMILES string of the molecule is CN(Cc1ccccn1)C[C@H](O)COc1ccc(OC[C@H](O)CNCc2ccccn2)cc1. The van der Waals surface area contributed by atoms with E-state index in [9.17, 15) is 10.2 Å². The second-order valence-electron chi connectivity index (χ2n) is 7.87. The van der Waals surface area contributed by atoms with Crippen molar-refractivity contribution in [3.05, 3.63) is 84.4 Å². The third-order valence-electron chi connectivity index (χ3n) is 4.80. The molecule has 2 heterocycles. The fourth-order valence-corrected chi connectivity index (χ4v) is 3.19. The fraction of sp³-hybridized carbons (Fsp3) is 0.360. The van der Waals surface area contributed by atoms with Gasteiger partial charge in [0.2, 0.25) is 0 Å². The van der Waals surface area contributed by atoms with Gasteiger partial charge < -0.3 is 25.0 Å². The third kappa shape index (κ3) is 9.55. The van der Waals surface area contributed by atoms with E-state index in [1.807, 2.05) is 48.3 Å². The first-order valence-electron chi connectivity index (χ1n) is 11.0. The Morgan fingerprint density at radius 3 is 1.97 bits per heavy atom. The Morgan fingerprint density at radius 2 is 1.39 bits per heavy atom. The number of nitrogens with zero attached hydrogens (tertiary/aromatic N) is 3. The van der Waals surface area contributed by atoms with E-state index in [-0.39, 0.29) is 13.2 Å². The first-order chi connectivity index (χ1) is 16.1. The van der Waals surface area contributed by atoms with Crippen molar-refractivity contribution in [1.29, 1.82) is 0 Å². The highest BCUT2D eigenvalue weighted by Crippen LogP contribution is 2.18. The van der Waals surface area contributed by atoms with Crippen LogP contribution in [0.25, 0.3) is 0 Å². The molecular weight excluding hydrogens is 420 g/mol. The lowest BCUT2D eigenvalue weighted by atomic mass is 10.3. The van der Waals surface area contributed by atoms with Gasteiger partial charge >= 0.3 is 0 Å². The van der Waals surface area contributed by atoms with Crippen molar-refractivity contribution in [3.63, 3.8) is 0 Å². The monoisotopic (exact) mass is 452 g/mol. The van der Waals surface area contributed by atoms with Crippen LogP contribution in [-0.2, 0) is 13.1 Å². The van der Waals surface area contributed by atoms with E-state index >= 15 is 0 Å². The summed E-state index contributed by atoms with van der Waals surface area (Å²) in [6.07, 6.45) is 2.25. The minimum atomic E-state index is -0.636. The lowest BCUT2D eigenvalue weighted by Crippen LogP contribution is -2.33. The van der Waals surface area contributed by atoms with Gasteiger partial charge in [0, 0.05) is 38.6 Å². The highest BCUT2D eigenvalue weighted by Gasteiger charge is 2.11. The van der Waals surface area contributed by atoms with Crippen LogP contribution in [0.15, 0.2) is 73.1 Å². The third-order valence-corrected chi connectivity index (χ3v) is 4.80. The molecule has 3 rings (SSSR count). The van der Waals surface area contributed by atoms with Crippen molar-refractivity contribution in [1.82, 2.24) is 20.2 Å². The number of ether oxygens (including phenoxy) is 2. The minimum absolute atomic E-state index is 0.177. The molecule has 0 saturated heterocycles. The molecule has 1 aromatic carbocycles. The fourth-order valence-electron chi connectivity index (χ4n) is 3.19. The van der Waals surface area contributed by atoms with Gasteiger partial charge in [-0.25, -0.2) is 0 Å². The number of benzene rings is 1. The normalized spacial score (nSPS) is 13.0. The van der Waals surface area contributed by atoms with Crippen LogP contribution in [0, 0.1) is 0 Å². The zero-order chi connectivity index (χ0) is 23.3. The van der Waals surface area contributed by atoms with E-state index in [0.717, 1.165) is 11.4 Å². The Bertz CT molecular complexity index is 913. The van der Waals surface area contributed by atoms with Crippen molar-refractivity contribution in [2.75, 3.05) is 33.4 Å². The van der Waals surface area contributed by atoms with Gasteiger partial charge in [0.05, 0.1) is 11.4 Å². The van der Waals surface area contributed by atoms with Crippen LogP contribution in [0.5, 0.6) is 11.5 Å². The molecule has 0 amide bonds. The molecule has 0 unspecified atom stereocenters. The smallest absolute Gasteiger partial charge is 0.119 e. The predicted molar refractivity (Wildman–Crippen MR) is 126 cm³/mol. The maximum atomic E-state index is 10.3. The van der Waals surface area contributed by atoms with Gasteiger partial charge in [-0.05, 0) is 55.6 Å². The van der Waals surface area contributed by atoms with Crippen molar-refractivity contribution in [2.45, 2.75) is 25.3 Å². The van der Waals surface area contributed by atoms with Gasteiger partial charge in [-0.1, -0.05) is 12.1 Å². The zero-order valence-electron chi connectivity index (χ0n) is 18.9. The number of aromatic nitrogens is 2. The second-order valence-corrected chi connectivity index (χ2v) is 7.87. The summed E-state index contributed by atoms with van der Waals surface area (Å²) in [7, 11) is 1.94. The molecule has 0 radical (unpaired) electrons. The molecule has 0 aliphatic heterocycles. The van der Waals surface area contributed by atoms with Crippen LogP contribution in [0.3, 0.4) is 0 Å². The first-order valence-corrected chi connectivity index (χ1v) is 11.0. The summed E-state index contributed by atoms with van der Waals surface area (Å²) in [5.41, 5.74) is 1.88. The molecule has 33 heavy (non-hydrogen) atoms. The molecule has 3 N–H and O–H groups in total. The van der Waals surface area contributed by atoms with Gasteiger partial charge in [0.15, 0.2) is 0 Å². The van der Waals surface area contributed by atoms with Crippen LogP contribution >= 0.6 is 0 Å². The van der Waals surface area contributed by atoms with E-state index < -0.39 is 12.2 Å². The topological polar surface area (TPSA) is 100.0 Å². The average molecular weight is 453 g/mol. The van der Waals surface area contributed by atoms with Crippen LogP contribution in [-0.4, -0.2) is 70.6 Å². The summed E-state index contributed by atoms with van der Waals surface area (Å²) in [6.45, 7) is 2.50. The standard InChI is InChI=1S/C25H32N4O4/c1-29(16-21-7-3-5-13-28-21)17-23(31)19-33-25-10-8-24(9-11-25)32-18-22(30)15-26-14-20-6-2-4-12-27-20/h2-13,22-23,26,30-31H,14-19H2,1H3/t22-,23+/m1/s1. The molecule has 0 saturated carbocycles. The van der Waals surface area contributed by atoms with Gasteiger partial charge in [-0.2, -0.15) is 0 Å². The van der Waals surface area contributed by atoms with E-state index in [2.05, 4.69) is 15.3 Å². The van der Waals surface area contributed by atoms with Gasteiger partial charge in [-0.3, -0.25) is 14.9 Å². The second kappa shape index (κ2) is 13.5. The van der Waals surface area contributed by atoms with Crippen LogP contribution in [0.1, 0.15) is 11.4 Å². The average Bonchev–Trinajstić information content (AvgIpc) is 2.83. The lowest BCUT2D eigenvalue weighted by molar-refractivity contribution is 0.0740. The zero-order valence-corrected chi connectivity index (χ0v) is 18.9. The van der Waals surface area contributed by atoms with Gasteiger partial charge in [0.25, 0.3) is 0 Å². The van der Waals surface area contributed by atoms with Crippen molar-refractivity contribution in [3.8, 4) is 11.5 Å². The summed E-state index contributed by atoms with van der Waals surface area (Å²) in [5, 5.41) is 23.5. The number of aliphatic hydroxyl groups is 2. The quantitative estimate of drug-likeness (QED) is 0.341. The number of likely N-dealkylation sites (N-methyl/N-ethyl adjacent to an activating group) is 1. The number of rotatable bonds is 14. The summed E-state index contributed by atoms with van der Waals surface area (Å²) in [5.74, 6) is 1.29. The minimum Gasteiger partial charge on any atom is -0.491 e. The van der Waals surface area contributed by atoms with Crippen molar-refractivity contribution in [2.24, 2.45) is 0 Å². The molecule has 0 aliphatic rings. The summed E-state index contributed by atoms with van der Waals surface area (Å²) in [4.78, 5) is 10.5. The molecule has 3 aromatic rings. The molecular formula is C25H32N4O4. The van der Waals surface area contributed by atoms with Crippen LogP contribution in [0.4, 0.5) is 0 Å². The van der Waals surface area contributed by atoms with Crippen molar-refractivity contribution < 1.29 is 19.7 Å². The van der Waals surface area contributed by atoms with Crippen molar-refractivity contribution >= 4 is 0 Å². The van der Waals surface area contributed by atoms with E-state index in [1.54, 1.807) is 36.7 Å². The molecule has 0 fully saturated rings. The highest BCUT2D eigenvalue weighted by molar-refractivity contribution is 5.31.